The third kappa shape index (κ3) is 4.21. The van der Waals surface area contributed by atoms with Gasteiger partial charge >= 0.3 is 0 Å². The summed E-state index contributed by atoms with van der Waals surface area (Å²) in [6.45, 7) is 2.61. The van der Waals surface area contributed by atoms with Gasteiger partial charge in [0.05, 0.1) is 11.4 Å². The summed E-state index contributed by atoms with van der Waals surface area (Å²) in [6, 6.07) is 22.6. The van der Waals surface area contributed by atoms with Crippen molar-refractivity contribution in [3.8, 4) is 5.88 Å². The second-order valence-electron chi connectivity index (χ2n) is 8.37. The van der Waals surface area contributed by atoms with Gasteiger partial charge in [0.1, 0.15) is 5.56 Å². The molecule has 0 amide bonds. The molecule has 0 bridgehead atoms. The van der Waals surface area contributed by atoms with Gasteiger partial charge in [-0.25, -0.2) is 0 Å². The molecule has 5 rings (SSSR count). The maximum absolute atomic E-state index is 13.1. The molecule has 3 aromatic carbocycles. The number of nitrogens with zero attached hydrogens (tertiary/aromatic N) is 2. The number of H-pyrrole nitrogens is 1. The lowest BCUT2D eigenvalue weighted by molar-refractivity contribution is 0.398. The normalized spacial score (nSPS) is 15.6. The van der Waals surface area contributed by atoms with Gasteiger partial charge in [0.2, 0.25) is 5.88 Å². The fraction of sp³-hybridized carbons (Fsp3) is 0.222. The lowest BCUT2D eigenvalue weighted by Gasteiger charge is -2.19. The molecule has 0 unspecified atom stereocenters. The van der Waals surface area contributed by atoms with Gasteiger partial charge in [-0.1, -0.05) is 67.9 Å². The van der Waals surface area contributed by atoms with Crippen LogP contribution in [-0.4, -0.2) is 20.4 Å². The number of hydrogen-bond acceptors (Lipinski definition) is 5. The van der Waals surface area contributed by atoms with Crippen molar-refractivity contribution in [2.45, 2.75) is 42.9 Å². The molecule has 0 saturated heterocycles. The van der Waals surface area contributed by atoms with Crippen molar-refractivity contribution in [1.82, 2.24) is 9.55 Å². The van der Waals surface area contributed by atoms with Gasteiger partial charge in [-0.3, -0.25) is 19.3 Å². The van der Waals surface area contributed by atoms with E-state index in [0.29, 0.717) is 18.7 Å². The summed E-state index contributed by atoms with van der Waals surface area (Å²) in [5.74, 6) is -0.109. The second-order valence-corrected chi connectivity index (χ2v) is 10.00. The molecule has 2 N–H and O–H groups in total. The molecule has 2 heterocycles. The smallest absolute Gasteiger partial charge is 0.264 e. The molecule has 0 aliphatic carbocycles. The molecule has 0 saturated carbocycles. The Morgan fingerprint density at radius 2 is 1.88 bits per heavy atom. The van der Waals surface area contributed by atoms with Crippen LogP contribution in [0.25, 0.3) is 10.8 Å². The van der Waals surface area contributed by atoms with Crippen LogP contribution in [0.15, 0.2) is 81.4 Å². The van der Waals surface area contributed by atoms with Crippen molar-refractivity contribution < 1.29 is 5.11 Å². The van der Waals surface area contributed by atoms with Gasteiger partial charge in [0.25, 0.3) is 5.56 Å². The minimum Gasteiger partial charge on any atom is -0.494 e. The molecule has 0 radical (unpaired) electrons. The minimum atomic E-state index is -0.407. The lowest BCUT2D eigenvalue weighted by Crippen LogP contribution is -2.24. The Kier molecular flexibility index (Phi) is 6.39. The first-order chi connectivity index (χ1) is 16.6. The zero-order valence-corrected chi connectivity index (χ0v) is 20.5. The van der Waals surface area contributed by atoms with Gasteiger partial charge in [0, 0.05) is 23.1 Å². The Morgan fingerprint density at radius 1 is 1.12 bits per heavy atom. The van der Waals surface area contributed by atoms with Crippen molar-refractivity contribution in [3.63, 3.8) is 0 Å². The Balaban J connectivity index is 1.69. The number of rotatable bonds is 5. The maximum atomic E-state index is 13.1. The van der Waals surface area contributed by atoms with E-state index in [-0.39, 0.29) is 21.5 Å². The SMILES string of the molecule is CCCCn1c(O)c(C2=Nc3ccccc3S[C@@H](c3cccc4ccccc34)C2)c(=O)[nH]c1=S. The molecule has 0 spiro atoms. The van der Waals surface area contributed by atoms with E-state index in [1.165, 1.54) is 16.3 Å². The van der Waals surface area contributed by atoms with E-state index in [1.807, 2.05) is 30.3 Å². The molecule has 4 aromatic rings. The number of aromatic hydroxyl groups is 1. The van der Waals surface area contributed by atoms with Crippen LogP contribution in [-0.2, 0) is 6.54 Å². The van der Waals surface area contributed by atoms with E-state index in [4.69, 9.17) is 17.2 Å². The fourth-order valence-corrected chi connectivity index (χ4v) is 5.96. The summed E-state index contributed by atoms with van der Waals surface area (Å²) in [7, 11) is 0. The first kappa shape index (κ1) is 22.6. The van der Waals surface area contributed by atoms with Crippen molar-refractivity contribution in [2.24, 2.45) is 4.99 Å². The lowest BCUT2D eigenvalue weighted by atomic mass is 9.97. The van der Waals surface area contributed by atoms with Gasteiger partial charge in [-0.15, -0.1) is 11.8 Å². The van der Waals surface area contributed by atoms with E-state index < -0.39 is 5.56 Å². The van der Waals surface area contributed by atoms with Crippen LogP contribution < -0.4 is 5.56 Å². The number of nitrogens with one attached hydrogen (secondary N) is 1. The molecule has 1 atom stereocenters. The number of hydrogen-bond donors (Lipinski definition) is 2. The zero-order chi connectivity index (χ0) is 23.7. The van der Waals surface area contributed by atoms with Crippen molar-refractivity contribution in [2.75, 3.05) is 0 Å². The number of fused-ring (bicyclic) bond motifs is 2. The van der Waals surface area contributed by atoms with Crippen LogP contribution in [0.2, 0.25) is 0 Å². The molecule has 0 fully saturated rings. The molecule has 34 heavy (non-hydrogen) atoms. The summed E-state index contributed by atoms with van der Waals surface area (Å²) in [5.41, 5.74) is 2.34. The summed E-state index contributed by atoms with van der Waals surface area (Å²) >= 11 is 7.09. The third-order valence-corrected chi connectivity index (χ3v) is 7.76. The first-order valence-electron chi connectivity index (χ1n) is 11.4. The topological polar surface area (TPSA) is 70.4 Å². The average Bonchev–Trinajstić information content (AvgIpc) is 3.03. The van der Waals surface area contributed by atoms with E-state index in [2.05, 4.69) is 48.3 Å². The van der Waals surface area contributed by atoms with Crippen LogP contribution in [0.4, 0.5) is 5.69 Å². The molecular weight excluding hydrogens is 462 g/mol. The number of aromatic amines is 1. The number of benzene rings is 3. The fourth-order valence-electron chi connectivity index (χ4n) is 4.42. The highest BCUT2D eigenvalue weighted by molar-refractivity contribution is 7.99. The van der Waals surface area contributed by atoms with Gasteiger partial charge in [-0.05, 0) is 47.1 Å². The van der Waals surface area contributed by atoms with Crippen molar-refractivity contribution in [1.29, 1.82) is 0 Å². The Labute approximate surface area is 207 Å². The highest BCUT2D eigenvalue weighted by Gasteiger charge is 2.27. The average molecular weight is 488 g/mol. The van der Waals surface area contributed by atoms with Gasteiger partial charge in [0.15, 0.2) is 4.77 Å². The third-order valence-electron chi connectivity index (χ3n) is 6.13. The summed E-state index contributed by atoms with van der Waals surface area (Å²) in [5, 5.41) is 13.6. The predicted octanol–water partition coefficient (Wildman–Crippen LogP) is 6.92. The van der Waals surface area contributed by atoms with Crippen LogP contribution in [0.3, 0.4) is 0 Å². The van der Waals surface area contributed by atoms with Crippen LogP contribution in [0.5, 0.6) is 5.88 Å². The second kappa shape index (κ2) is 9.60. The number of aliphatic imine (C=N–C) groups is 1. The van der Waals surface area contributed by atoms with Gasteiger partial charge in [-0.2, -0.15) is 0 Å². The van der Waals surface area contributed by atoms with E-state index in [0.717, 1.165) is 23.4 Å². The number of para-hydroxylation sites is 1. The summed E-state index contributed by atoms with van der Waals surface area (Å²) < 4.78 is 1.84. The molecular formula is C27H25N3O2S2. The van der Waals surface area contributed by atoms with Gasteiger partial charge < -0.3 is 5.11 Å². The van der Waals surface area contributed by atoms with E-state index in [9.17, 15) is 9.90 Å². The molecule has 5 nitrogen and oxygen atoms in total. The highest BCUT2D eigenvalue weighted by atomic mass is 32.2. The minimum absolute atomic E-state index is 0.0135. The van der Waals surface area contributed by atoms with Crippen LogP contribution in [0.1, 0.15) is 42.6 Å². The standard InChI is InChI=1S/C27H25N3O2S2/c1-2-3-15-30-26(32)24(25(31)29-27(30)33)21-16-23(34-22-14-7-6-13-20(22)28-21)19-12-8-10-17-9-4-5-11-18(17)19/h4-14,23,32H,2-3,15-16H2,1H3,(H,29,31,33)/t23-/m1/s1. The van der Waals surface area contributed by atoms with Crippen LogP contribution >= 0.6 is 24.0 Å². The largest absolute Gasteiger partial charge is 0.494 e. The summed E-state index contributed by atoms with van der Waals surface area (Å²) in [4.78, 5) is 21.8. The van der Waals surface area contributed by atoms with E-state index >= 15 is 0 Å². The van der Waals surface area contributed by atoms with Crippen LogP contribution in [0, 0.1) is 4.77 Å². The molecule has 172 valence electrons. The molecule has 1 aliphatic heterocycles. The maximum Gasteiger partial charge on any atom is 0.264 e. The van der Waals surface area contributed by atoms with Crippen molar-refractivity contribution in [3.05, 3.63) is 93.0 Å². The molecule has 1 aromatic heterocycles. The highest BCUT2D eigenvalue weighted by Crippen LogP contribution is 2.47. The number of aromatic nitrogens is 2. The first-order valence-corrected chi connectivity index (χ1v) is 12.7. The molecule has 1 aliphatic rings. The number of unbranched alkanes of at least 4 members (excludes halogenated alkanes) is 1. The molecule has 7 heteroatoms. The Morgan fingerprint density at radius 3 is 2.74 bits per heavy atom. The van der Waals surface area contributed by atoms with E-state index in [1.54, 1.807) is 16.3 Å². The quantitative estimate of drug-likeness (QED) is 0.300. The predicted molar refractivity (Wildman–Crippen MR) is 142 cm³/mol. The van der Waals surface area contributed by atoms with Crippen molar-refractivity contribution >= 4 is 46.2 Å². The number of thioether (sulfide) groups is 1. The zero-order valence-electron chi connectivity index (χ0n) is 18.8. The monoisotopic (exact) mass is 487 g/mol. The summed E-state index contributed by atoms with van der Waals surface area (Å²) in [6.07, 6.45) is 2.29. The Bertz CT molecular complexity index is 1520. The Hall–Kier alpha value is -3.16.